The Kier molecular flexibility index (Phi) is 4.72. The highest BCUT2D eigenvalue weighted by Crippen LogP contribution is 2.58. The second-order valence-corrected chi connectivity index (χ2v) is 9.04. The summed E-state index contributed by atoms with van der Waals surface area (Å²) >= 11 is 0. The van der Waals surface area contributed by atoms with Crippen LogP contribution in [0.2, 0.25) is 0 Å². The van der Waals surface area contributed by atoms with Crippen molar-refractivity contribution in [1.82, 2.24) is 4.90 Å². The van der Waals surface area contributed by atoms with Gasteiger partial charge in [-0.05, 0) is 61.7 Å². The Balaban J connectivity index is 1.62. The number of benzene rings is 2. The lowest BCUT2D eigenvalue weighted by atomic mass is 9.52. The molecule has 0 unspecified atom stereocenters. The predicted molar refractivity (Wildman–Crippen MR) is 115 cm³/mol. The monoisotopic (exact) mass is 373 g/mol. The molecule has 1 aliphatic heterocycles. The zero-order valence-corrected chi connectivity index (χ0v) is 16.6. The Labute approximate surface area is 168 Å². The minimum absolute atomic E-state index is 0.203. The molecule has 4 aliphatic rings. The maximum Gasteiger partial charge on any atom is 0.0437 e. The Morgan fingerprint density at radius 1 is 0.786 bits per heavy atom. The molecule has 0 spiro atoms. The summed E-state index contributed by atoms with van der Waals surface area (Å²) in [7, 11) is 0. The van der Waals surface area contributed by atoms with Gasteiger partial charge >= 0.3 is 0 Å². The van der Waals surface area contributed by atoms with Crippen molar-refractivity contribution in [2.45, 2.75) is 55.9 Å². The summed E-state index contributed by atoms with van der Waals surface area (Å²) in [4.78, 5) is 2.81. The number of hydrogen-bond acceptors (Lipinski definition) is 3. The van der Waals surface area contributed by atoms with E-state index in [1.807, 2.05) is 0 Å². The molecular weight excluding hydrogens is 342 g/mol. The van der Waals surface area contributed by atoms with Crippen LogP contribution in [0.15, 0.2) is 65.8 Å². The molecule has 1 saturated heterocycles. The van der Waals surface area contributed by atoms with Crippen LogP contribution in [0, 0.1) is 5.92 Å². The summed E-state index contributed by atoms with van der Waals surface area (Å²) in [6.45, 7) is 2.46. The van der Waals surface area contributed by atoms with Crippen molar-refractivity contribution in [3.8, 4) is 0 Å². The Morgan fingerprint density at radius 3 is 1.82 bits per heavy atom. The normalized spacial score (nSPS) is 34.6. The van der Waals surface area contributed by atoms with Crippen LogP contribution in [0.1, 0.15) is 61.5 Å². The van der Waals surface area contributed by atoms with Crippen LogP contribution < -0.4 is 5.84 Å². The Morgan fingerprint density at radius 2 is 1.32 bits per heavy atom. The summed E-state index contributed by atoms with van der Waals surface area (Å²) in [6, 6.07) is 22.2. The molecule has 2 aromatic rings. The third kappa shape index (κ3) is 2.97. The number of hydrazone groups is 1. The molecule has 3 nitrogen and oxygen atoms in total. The number of rotatable bonds is 3. The smallest absolute Gasteiger partial charge is 0.0437 e. The third-order valence-electron chi connectivity index (χ3n) is 7.61. The van der Waals surface area contributed by atoms with Crippen molar-refractivity contribution in [3.05, 3.63) is 71.8 Å². The first-order valence-corrected chi connectivity index (χ1v) is 10.9. The lowest BCUT2D eigenvalue weighted by Crippen LogP contribution is -2.62. The van der Waals surface area contributed by atoms with Gasteiger partial charge in [-0.2, -0.15) is 5.10 Å². The molecule has 2 N–H and O–H groups in total. The molecule has 4 fully saturated rings. The van der Waals surface area contributed by atoms with E-state index >= 15 is 0 Å². The molecular formula is C25H31N3. The number of fused-ring (bicyclic) bond motifs is 3. The molecule has 0 aromatic heterocycles. The Hall–Kier alpha value is -2.13. The van der Waals surface area contributed by atoms with Gasteiger partial charge in [-0.3, -0.25) is 4.90 Å². The molecule has 2 bridgehead atoms. The topological polar surface area (TPSA) is 41.6 Å². The van der Waals surface area contributed by atoms with Crippen LogP contribution >= 0.6 is 0 Å². The molecule has 2 atom stereocenters. The van der Waals surface area contributed by atoms with E-state index in [9.17, 15) is 0 Å². The van der Waals surface area contributed by atoms with Gasteiger partial charge in [0.25, 0.3) is 0 Å². The maximum absolute atomic E-state index is 6.03. The van der Waals surface area contributed by atoms with Gasteiger partial charge in [-0.1, -0.05) is 67.1 Å². The van der Waals surface area contributed by atoms with E-state index in [2.05, 4.69) is 70.7 Å². The van der Waals surface area contributed by atoms with Crippen LogP contribution in [0.25, 0.3) is 0 Å². The lowest BCUT2D eigenvalue weighted by Gasteiger charge is -2.60. The van der Waals surface area contributed by atoms with E-state index in [0.29, 0.717) is 17.8 Å². The van der Waals surface area contributed by atoms with E-state index in [0.717, 1.165) is 6.42 Å². The number of likely N-dealkylation sites (tertiary alicyclic amines) is 1. The zero-order valence-electron chi connectivity index (χ0n) is 16.6. The van der Waals surface area contributed by atoms with Gasteiger partial charge in [0.1, 0.15) is 0 Å². The molecule has 3 aliphatic carbocycles. The van der Waals surface area contributed by atoms with Gasteiger partial charge < -0.3 is 5.84 Å². The largest absolute Gasteiger partial charge is 0.323 e. The van der Waals surface area contributed by atoms with Crippen LogP contribution in [-0.2, 0) is 0 Å². The summed E-state index contributed by atoms with van der Waals surface area (Å²) < 4.78 is 0. The SMILES string of the molecule is N/N=C1\CC2(N3CCCCC3)C[C@@H](c3ccccc3)C1[C@H](c1ccccc1)C2. The van der Waals surface area contributed by atoms with Gasteiger partial charge in [0, 0.05) is 23.6 Å². The van der Waals surface area contributed by atoms with Gasteiger partial charge in [-0.15, -0.1) is 0 Å². The quantitative estimate of drug-likeness (QED) is 0.614. The fraction of sp³-hybridized carbons (Fsp3) is 0.480. The van der Waals surface area contributed by atoms with E-state index in [-0.39, 0.29) is 5.54 Å². The third-order valence-corrected chi connectivity index (χ3v) is 7.61. The van der Waals surface area contributed by atoms with Crippen LogP contribution in [0.3, 0.4) is 0 Å². The highest BCUT2D eigenvalue weighted by Gasteiger charge is 2.56. The van der Waals surface area contributed by atoms with Crippen molar-refractivity contribution in [3.63, 3.8) is 0 Å². The first kappa shape index (κ1) is 17.9. The van der Waals surface area contributed by atoms with Crippen LogP contribution in [0.5, 0.6) is 0 Å². The number of nitrogens with two attached hydrogens (primary N) is 1. The molecule has 0 radical (unpaired) electrons. The van der Waals surface area contributed by atoms with Gasteiger partial charge in [0.05, 0.1) is 0 Å². The molecule has 6 rings (SSSR count). The van der Waals surface area contributed by atoms with Crippen molar-refractivity contribution >= 4 is 5.71 Å². The summed E-state index contributed by atoms with van der Waals surface area (Å²) in [5.41, 5.74) is 4.35. The van der Waals surface area contributed by atoms with Gasteiger partial charge in [0.15, 0.2) is 0 Å². The second-order valence-electron chi connectivity index (χ2n) is 9.04. The molecule has 3 heteroatoms. The highest BCUT2D eigenvalue weighted by molar-refractivity contribution is 5.91. The average Bonchev–Trinajstić information content (AvgIpc) is 2.80. The van der Waals surface area contributed by atoms with Gasteiger partial charge in [0.2, 0.25) is 0 Å². The summed E-state index contributed by atoms with van der Waals surface area (Å²) in [5, 5.41) is 4.41. The van der Waals surface area contributed by atoms with Crippen molar-refractivity contribution in [2.75, 3.05) is 13.1 Å². The first-order chi connectivity index (χ1) is 13.8. The first-order valence-electron chi connectivity index (χ1n) is 10.9. The lowest BCUT2D eigenvalue weighted by molar-refractivity contribution is -0.000570. The van der Waals surface area contributed by atoms with Crippen molar-refractivity contribution in [2.24, 2.45) is 16.9 Å². The van der Waals surface area contributed by atoms with E-state index in [1.54, 1.807) is 0 Å². The van der Waals surface area contributed by atoms with E-state index in [1.165, 1.54) is 62.0 Å². The summed E-state index contributed by atoms with van der Waals surface area (Å²) in [6.07, 6.45) is 7.56. The van der Waals surface area contributed by atoms with Crippen LogP contribution in [0.4, 0.5) is 0 Å². The van der Waals surface area contributed by atoms with E-state index in [4.69, 9.17) is 5.84 Å². The van der Waals surface area contributed by atoms with Crippen molar-refractivity contribution in [1.29, 1.82) is 0 Å². The number of nitrogens with zero attached hydrogens (tertiary/aromatic N) is 2. The van der Waals surface area contributed by atoms with Crippen LogP contribution in [-0.4, -0.2) is 29.2 Å². The Bertz CT molecular complexity index is 774. The zero-order chi connectivity index (χ0) is 19.0. The predicted octanol–water partition coefficient (Wildman–Crippen LogP) is 4.91. The standard InChI is InChI=1S/C25H31N3/c26-27-23-18-25(28-14-8-3-9-15-28)16-21(19-10-4-1-5-11-19)24(23)22(17-25)20-12-6-2-7-13-20/h1-2,4-7,10-13,21-22,24H,3,8-9,14-18,26H2/b27-23+/t21-,22-,24?,25?/m0/s1. The number of hydrogen-bond donors (Lipinski definition) is 1. The minimum atomic E-state index is 0.203. The maximum atomic E-state index is 6.03. The minimum Gasteiger partial charge on any atom is -0.323 e. The van der Waals surface area contributed by atoms with Gasteiger partial charge in [-0.25, -0.2) is 0 Å². The molecule has 3 saturated carbocycles. The molecule has 146 valence electrons. The molecule has 0 amide bonds. The fourth-order valence-corrected chi connectivity index (χ4v) is 6.42. The average molecular weight is 374 g/mol. The van der Waals surface area contributed by atoms with E-state index < -0.39 is 0 Å². The molecule has 2 aromatic carbocycles. The molecule has 28 heavy (non-hydrogen) atoms. The second kappa shape index (κ2) is 7.36. The summed E-state index contributed by atoms with van der Waals surface area (Å²) in [5.74, 6) is 7.44. The molecule has 1 heterocycles. The highest BCUT2D eigenvalue weighted by atomic mass is 15.2. The number of piperidine rings is 1. The van der Waals surface area contributed by atoms with Crippen molar-refractivity contribution < 1.29 is 0 Å². The fourth-order valence-electron chi connectivity index (χ4n) is 6.42.